The van der Waals surface area contributed by atoms with Gasteiger partial charge in [-0.2, -0.15) is 0 Å². The molecule has 0 atom stereocenters. The molecule has 0 saturated heterocycles. The Morgan fingerprint density at radius 3 is 2.20 bits per heavy atom. The summed E-state index contributed by atoms with van der Waals surface area (Å²) in [6, 6.07) is 26.2. The molecule has 0 spiro atoms. The lowest BCUT2D eigenvalue weighted by molar-refractivity contribution is 0.0977. The van der Waals surface area contributed by atoms with Crippen molar-refractivity contribution in [3.8, 4) is 22.8 Å². The van der Waals surface area contributed by atoms with Crippen molar-refractivity contribution < 1.29 is 9.53 Å². The fraction of sp³-hybridized carbons (Fsp3) is 0. The maximum atomic E-state index is 12.2. The zero-order valence-electron chi connectivity index (χ0n) is 15.7. The van der Waals surface area contributed by atoms with E-state index >= 15 is 0 Å². The molecule has 3 aromatic carbocycles. The summed E-state index contributed by atoms with van der Waals surface area (Å²) in [4.78, 5) is 16.7. The number of nitrogens with one attached hydrogen (secondary N) is 2. The molecule has 0 aliphatic carbocycles. The third-order valence-corrected chi connectivity index (χ3v) is 5.08. The van der Waals surface area contributed by atoms with Gasteiger partial charge >= 0.3 is 0 Å². The Bertz CT molecular complexity index is 1140. The summed E-state index contributed by atoms with van der Waals surface area (Å²) in [6.45, 7) is 0. The monoisotopic (exact) mass is 431 g/mol. The summed E-state index contributed by atoms with van der Waals surface area (Å²) < 4.78 is 5.81. The van der Waals surface area contributed by atoms with Gasteiger partial charge in [-0.3, -0.25) is 10.1 Å². The summed E-state index contributed by atoms with van der Waals surface area (Å²) in [5.74, 6) is 1.28. The number of carbonyl (C=O) groups excluding carboxylic acids is 1. The molecular formula is C23H17N3O2S2. The highest BCUT2D eigenvalue weighted by molar-refractivity contribution is 7.80. The molecule has 30 heavy (non-hydrogen) atoms. The van der Waals surface area contributed by atoms with E-state index in [-0.39, 0.29) is 11.0 Å². The number of nitrogens with zero attached hydrogens (tertiary/aromatic N) is 1. The van der Waals surface area contributed by atoms with Crippen LogP contribution in [0, 0.1) is 0 Å². The lowest BCUT2D eigenvalue weighted by Crippen LogP contribution is -2.34. The summed E-state index contributed by atoms with van der Waals surface area (Å²) in [5, 5.41) is 8.35. The quantitative estimate of drug-likeness (QED) is 0.395. The van der Waals surface area contributed by atoms with Gasteiger partial charge in [-0.1, -0.05) is 36.4 Å². The largest absolute Gasteiger partial charge is 0.457 e. The van der Waals surface area contributed by atoms with Crippen LogP contribution in [0.2, 0.25) is 0 Å². The molecule has 5 nitrogen and oxygen atoms in total. The highest BCUT2D eigenvalue weighted by atomic mass is 32.1. The molecule has 0 bridgehead atoms. The molecule has 7 heteroatoms. The minimum Gasteiger partial charge on any atom is -0.457 e. The van der Waals surface area contributed by atoms with Crippen molar-refractivity contribution >= 4 is 39.7 Å². The maximum Gasteiger partial charge on any atom is 0.257 e. The second-order valence-electron chi connectivity index (χ2n) is 6.25. The van der Waals surface area contributed by atoms with Gasteiger partial charge in [-0.25, -0.2) is 4.98 Å². The average Bonchev–Trinajstić information content (AvgIpc) is 3.24. The summed E-state index contributed by atoms with van der Waals surface area (Å²) in [5.41, 5.74) is 2.31. The maximum absolute atomic E-state index is 12.2. The molecule has 0 saturated carbocycles. The van der Waals surface area contributed by atoms with E-state index in [0.717, 1.165) is 22.8 Å². The fourth-order valence-corrected chi connectivity index (χ4v) is 3.65. The third-order valence-electron chi connectivity index (χ3n) is 4.12. The Labute approximate surface area is 183 Å². The lowest BCUT2D eigenvalue weighted by Gasteiger charge is -2.07. The number of para-hydroxylation sites is 1. The third kappa shape index (κ3) is 5.08. The zero-order valence-corrected chi connectivity index (χ0v) is 17.4. The topological polar surface area (TPSA) is 63.2 Å². The molecule has 0 radical (unpaired) electrons. The van der Waals surface area contributed by atoms with Crippen molar-refractivity contribution in [1.29, 1.82) is 0 Å². The van der Waals surface area contributed by atoms with Crippen molar-refractivity contribution in [3.05, 3.63) is 95.9 Å². The predicted octanol–water partition coefficient (Wildman–Crippen LogP) is 5.73. The fourth-order valence-electron chi connectivity index (χ4n) is 2.68. The van der Waals surface area contributed by atoms with E-state index in [2.05, 4.69) is 15.6 Å². The van der Waals surface area contributed by atoms with Crippen LogP contribution in [0.3, 0.4) is 0 Å². The van der Waals surface area contributed by atoms with Crippen molar-refractivity contribution in [2.45, 2.75) is 0 Å². The molecule has 4 aromatic rings. The smallest absolute Gasteiger partial charge is 0.257 e. The van der Waals surface area contributed by atoms with Crippen LogP contribution in [0.1, 0.15) is 10.4 Å². The van der Waals surface area contributed by atoms with E-state index in [1.54, 1.807) is 24.3 Å². The highest BCUT2D eigenvalue weighted by Gasteiger charge is 2.10. The number of hydrogen-bond acceptors (Lipinski definition) is 5. The van der Waals surface area contributed by atoms with Gasteiger partial charge in [0.2, 0.25) is 0 Å². The molecule has 0 aliphatic rings. The number of aromatic nitrogens is 1. The van der Waals surface area contributed by atoms with Crippen LogP contribution in [0.25, 0.3) is 11.3 Å². The second-order valence-corrected chi connectivity index (χ2v) is 7.52. The molecule has 0 fully saturated rings. The number of benzene rings is 3. The number of anilines is 1. The van der Waals surface area contributed by atoms with E-state index in [4.69, 9.17) is 17.0 Å². The minimum atomic E-state index is -0.265. The number of hydrogen-bond donors (Lipinski definition) is 2. The highest BCUT2D eigenvalue weighted by Crippen LogP contribution is 2.28. The SMILES string of the molecule is O=C(NC(=S)Nc1nc(-c2ccc(Oc3ccccc3)cc2)cs1)c1ccccc1. The van der Waals surface area contributed by atoms with Gasteiger partial charge in [0, 0.05) is 16.5 Å². The molecule has 1 heterocycles. The number of carbonyl (C=O) groups is 1. The molecule has 4 rings (SSSR count). The number of amides is 1. The molecule has 0 unspecified atom stereocenters. The van der Waals surface area contributed by atoms with Crippen LogP contribution in [0.4, 0.5) is 5.13 Å². The van der Waals surface area contributed by atoms with Gasteiger partial charge in [0.25, 0.3) is 5.91 Å². The van der Waals surface area contributed by atoms with Crippen molar-refractivity contribution in [3.63, 3.8) is 0 Å². The van der Waals surface area contributed by atoms with Crippen molar-refractivity contribution in [2.75, 3.05) is 5.32 Å². The number of rotatable bonds is 5. The summed E-state index contributed by atoms with van der Waals surface area (Å²) in [7, 11) is 0. The summed E-state index contributed by atoms with van der Waals surface area (Å²) >= 11 is 6.63. The second kappa shape index (κ2) is 9.30. The lowest BCUT2D eigenvalue weighted by atomic mass is 10.2. The molecule has 148 valence electrons. The number of thiazole rings is 1. The standard InChI is InChI=1S/C23H17N3O2S2/c27-21(17-7-3-1-4-8-17)25-22(29)26-23-24-20(15-30-23)16-11-13-19(14-12-16)28-18-9-5-2-6-10-18/h1-15H,(H2,24,25,26,27,29). The van der Waals surface area contributed by atoms with Crippen LogP contribution in [0.5, 0.6) is 11.5 Å². The van der Waals surface area contributed by atoms with Crippen LogP contribution < -0.4 is 15.4 Å². The van der Waals surface area contributed by atoms with Crippen LogP contribution in [-0.2, 0) is 0 Å². The van der Waals surface area contributed by atoms with Gasteiger partial charge in [0.05, 0.1) is 5.69 Å². The predicted molar refractivity (Wildman–Crippen MR) is 124 cm³/mol. The van der Waals surface area contributed by atoms with Gasteiger partial charge in [0.1, 0.15) is 11.5 Å². The first kappa shape index (κ1) is 19.8. The summed E-state index contributed by atoms with van der Waals surface area (Å²) in [6.07, 6.45) is 0. The van der Waals surface area contributed by atoms with Crippen LogP contribution in [0.15, 0.2) is 90.3 Å². The van der Waals surface area contributed by atoms with E-state index in [9.17, 15) is 4.79 Å². The molecule has 1 amide bonds. The first-order valence-corrected chi connectivity index (χ1v) is 10.4. The van der Waals surface area contributed by atoms with E-state index in [1.165, 1.54) is 11.3 Å². The molecule has 1 aromatic heterocycles. The first-order valence-electron chi connectivity index (χ1n) is 9.13. The zero-order chi connectivity index (χ0) is 20.8. The normalized spacial score (nSPS) is 10.3. The van der Waals surface area contributed by atoms with Crippen LogP contribution in [-0.4, -0.2) is 16.0 Å². The Morgan fingerprint density at radius 1 is 0.867 bits per heavy atom. The number of ether oxygens (including phenoxy) is 1. The molecule has 2 N–H and O–H groups in total. The first-order chi connectivity index (χ1) is 14.7. The van der Waals surface area contributed by atoms with Crippen molar-refractivity contribution in [2.24, 2.45) is 0 Å². The van der Waals surface area contributed by atoms with Gasteiger partial charge in [-0.05, 0) is 60.7 Å². The average molecular weight is 432 g/mol. The minimum absolute atomic E-state index is 0.205. The Balaban J connectivity index is 1.36. The van der Waals surface area contributed by atoms with Gasteiger partial charge < -0.3 is 10.1 Å². The van der Waals surface area contributed by atoms with E-state index in [0.29, 0.717) is 10.7 Å². The van der Waals surface area contributed by atoms with Crippen molar-refractivity contribution in [1.82, 2.24) is 10.3 Å². The number of thiocarbonyl (C=S) groups is 1. The van der Waals surface area contributed by atoms with Gasteiger partial charge in [0.15, 0.2) is 10.2 Å². The van der Waals surface area contributed by atoms with E-state index < -0.39 is 0 Å². The Hall–Kier alpha value is -3.55. The Morgan fingerprint density at radius 2 is 1.50 bits per heavy atom. The van der Waals surface area contributed by atoms with Gasteiger partial charge in [-0.15, -0.1) is 11.3 Å². The van der Waals surface area contributed by atoms with Crippen LogP contribution >= 0.6 is 23.6 Å². The van der Waals surface area contributed by atoms with E-state index in [1.807, 2.05) is 66.0 Å². The molecular weight excluding hydrogens is 414 g/mol. The molecule has 0 aliphatic heterocycles. The Kier molecular flexibility index (Phi) is 6.12.